The summed E-state index contributed by atoms with van der Waals surface area (Å²) in [5.41, 5.74) is 2.42. The molecule has 2 heterocycles. The van der Waals surface area contributed by atoms with Crippen molar-refractivity contribution >= 4 is 21.6 Å². The van der Waals surface area contributed by atoms with Crippen molar-refractivity contribution in [3.63, 3.8) is 0 Å². The highest BCUT2D eigenvalue weighted by molar-refractivity contribution is 7.92. The Hall–Kier alpha value is -4.15. The van der Waals surface area contributed by atoms with Crippen molar-refractivity contribution in [2.45, 2.75) is 32.2 Å². The van der Waals surface area contributed by atoms with Crippen LogP contribution in [0.15, 0.2) is 89.7 Å². The van der Waals surface area contributed by atoms with E-state index in [1.807, 2.05) is 72.5 Å². The molecule has 41 heavy (non-hydrogen) atoms. The topological polar surface area (TPSA) is 116 Å². The van der Waals surface area contributed by atoms with Crippen molar-refractivity contribution in [3.05, 3.63) is 107 Å². The van der Waals surface area contributed by atoms with Crippen molar-refractivity contribution < 1.29 is 13.2 Å². The number of aromatic nitrogens is 2. The van der Waals surface area contributed by atoms with Gasteiger partial charge in [0.25, 0.3) is 5.91 Å². The number of unbranched alkanes of at least 4 members (excludes halogenated alkanes) is 1. The quantitative estimate of drug-likeness (QED) is 0.265. The minimum atomic E-state index is -3.64. The molecular formula is C31H35N5O4S. The molecule has 9 nitrogen and oxygen atoms in total. The zero-order valence-electron chi connectivity index (χ0n) is 23.0. The molecule has 1 saturated heterocycles. The molecule has 1 fully saturated rings. The molecule has 1 aromatic heterocycles. The number of nitrogens with zero attached hydrogens (tertiary/aromatic N) is 2. The number of anilines is 1. The summed E-state index contributed by atoms with van der Waals surface area (Å²) in [6.45, 7) is 3.70. The zero-order chi connectivity index (χ0) is 28.8. The van der Waals surface area contributed by atoms with E-state index in [1.165, 1.54) is 4.57 Å². The van der Waals surface area contributed by atoms with Crippen LogP contribution in [0.1, 0.15) is 35.8 Å². The summed E-state index contributed by atoms with van der Waals surface area (Å²) in [5, 5.41) is 3.39. The van der Waals surface area contributed by atoms with Crippen LogP contribution in [0.2, 0.25) is 0 Å². The molecular weight excluding hydrogens is 538 g/mol. The molecule has 0 saturated carbocycles. The number of aromatic amines is 1. The van der Waals surface area contributed by atoms with Gasteiger partial charge >= 0.3 is 5.69 Å². The third-order valence-corrected chi connectivity index (χ3v) is 8.62. The monoisotopic (exact) mass is 573 g/mol. The number of nitrogens with one attached hydrogen (secondary N) is 3. The number of amides is 1. The number of rotatable bonds is 10. The lowest BCUT2D eigenvalue weighted by atomic mass is 10.0. The van der Waals surface area contributed by atoms with E-state index in [9.17, 15) is 18.0 Å². The van der Waals surface area contributed by atoms with Crippen LogP contribution in [0, 0.1) is 0 Å². The molecule has 0 radical (unpaired) electrons. The van der Waals surface area contributed by atoms with Crippen LogP contribution in [0.3, 0.4) is 0 Å². The van der Waals surface area contributed by atoms with Crippen LogP contribution in [0.4, 0.5) is 5.69 Å². The first-order chi connectivity index (χ1) is 19.9. The molecule has 0 spiro atoms. The van der Waals surface area contributed by atoms with E-state index < -0.39 is 15.7 Å². The van der Waals surface area contributed by atoms with Crippen molar-refractivity contribution in [1.82, 2.24) is 19.8 Å². The van der Waals surface area contributed by atoms with Gasteiger partial charge in [-0.3, -0.25) is 14.1 Å². The number of hydrogen-bond acceptors (Lipinski definition) is 5. The lowest BCUT2D eigenvalue weighted by Crippen LogP contribution is -2.54. The van der Waals surface area contributed by atoms with Crippen molar-refractivity contribution in [3.8, 4) is 16.9 Å². The van der Waals surface area contributed by atoms with E-state index in [2.05, 4.69) is 15.0 Å². The average Bonchev–Trinajstić information content (AvgIpc) is 3.34. The van der Waals surface area contributed by atoms with Gasteiger partial charge in [0.15, 0.2) is 0 Å². The molecule has 1 aliphatic heterocycles. The maximum absolute atomic E-state index is 14.2. The Morgan fingerprint density at radius 3 is 2.39 bits per heavy atom. The summed E-state index contributed by atoms with van der Waals surface area (Å²) in [4.78, 5) is 32.5. The average molecular weight is 574 g/mol. The number of para-hydroxylation sites is 2. The summed E-state index contributed by atoms with van der Waals surface area (Å²) in [6, 6.07) is 25.9. The van der Waals surface area contributed by atoms with Gasteiger partial charge in [0.1, 0.15) is 5.69 Å². The molecule has 1 amide bonds. The molecule has 214 valence electrons. The second kappa shape index (κ2) is 12.6. The fourth-order valence-corrected chi connectivity index (χ4v) is 6.52. The van der Waals surface area contributed by atoms with E-state index in [0.29, 0.717) is 49.4 Å². The summed E-state index contributed by atoms with van der Waals surface area (Å²) >= 11 is 0. The van der Waals surface area contributed by atoms with Gasteiger partial charge in [0.2, 0.25) is 10.0 Å². The Labute approximate surface area is 240 Å². The highest BCUT2D eigenvalue weighted by atomic mass is 32.2. The molecule has 1 atom stereocenters. The Kier molecular flexibility index (Phi) is 8.70. The highest BCUT2D eigenvalue weighted by Gasteiger charge is 2.32. The molecule has 0 unspecified atom stereocenters. The first kappa shape index (κ1) is 28.4. The van der Waals surface area contributed by atoms with Gasteiger partial charge in [-0.1, -0.05) is 86.1 Å². The number of benzene rings is 3. The van der Waals surface area contributed by atoms with Crippen LogP contribution in [-0.4, -0.2) is 60.2 Å². The molecule has 3 N–H and O–H groups in total. The van der Waals surface area contributed by atoms with Gasteiger partial charge in [0, 0.05) is 31.2 Å². The highest BCUT2D eigenvalue weighted by Crippen LogP contribution is 2.30. The normalized spacial score (nSPS) is 15.5. The second-order valence-electron chi connectivity index (χ2n) is 10.2. The van der Waals surface area contributed by atoms with E-state index >= 15 is 0 Å². The molecule has 0 aliphatic carbocycles. The summed E-state index contributed by atoms with van der Waals surface area (Å²) in [6.07, 6.45) is 1.93. The molecule has 0 bridgehead atoms. The first-order valence-corrected chi connectivity index (χ1v) is 15.6. The van der Waals surface area contributed by atoms with Crippen LogP contribution < -0.4 is 15.7 Å². The molecule has 4 aromatic rings. The minimum Gasteiger partial charge on any atom is -0.331 e. The van der Waals surface area contributed by atoms with Crippen LogP contribution >= 0.6 is 0 Å². The number of piperazine rings is 1. The minimum absolute atomic E-state index is 0.0268. The van der Waals surface area contributed by atoms with Gasteiger partial charge in [-0.2, -0.15) is 0 Å². The van der Waals surface area contributed by atoms with E-state index in [0.717, 1.165) is 12.0 Å². The summed E-state index contributed by atoms with van der Waals surface area (Å²) in [7, 11) is -3.64. The zero-order valence-corrected chi connectivity index (χ0v) is 23.9. The maximum atomic E-state index is 14.2. The number of hydrogen-bond donors (Lipinski definition) is 3. The van der Waals surface area contributed by atoms with Crippen LogP contribution in [0.5, 0.6) is 0 Å². The van der Waals surface area contributed by atoms with Crippen LogP contribution in [0.25, 0.3) is 16.9 Å². The Balaban J connectivity index is 1.60. The van der Waals surface area contributed by atoms with Crippen molar-refractivity contribution in [2.24, 2.45) is 0 Å². The molecule has 1 aliphatic rings. The third kappa shape index (κ3) is 6.44. The maximum Gasteiger partial charge on any atom is 0.331 e. The first-order valence-electron chi connectivity index (χ1n) is 13.9. The lowest BCUT2D eigenvalue weighted by molar-refractivity contribution is 0.0631. The van der Waals surface area contributed by atoms with E-state index in [1.54, 1.807) is 24.3 Å². The number of sulfonamides is 1. The summed E-state index contributed by atoms with van der Waals surface area (Å²) < 4.78 is 29.7. The van der Waals surface area contributed by atoms with E-state index in [4.69, 9.17) is 0 Å². The number of H-pyrrole nitrogens is 1. The van der Waals surface area contributed by atoms with Gasteiger partial charge < -0.3 is 15.2 Å². The van der Waals surface area contributed by atoms with Gasteiger partial charge in [-0.15, -0.1) is 0 Å². The largest absolute Gasteiger partial charge is 0.331 e. The Morgan fingerprint density at radius 1 is 0.976 bits per heavy atom. The lowest BCUT2D eigenvalue weighted by Gasteiger charge is -2.36. The fourth-order valence-electron chi connectivity index (χ4n) is 5.24. The van der Waals surface area contributed by atoms with Gasteiger partial charge in [-0.25, -0.2) is 13.2 Å². The smallest absolute Gasteiger partial charge is 0.331 e. The van der Waals surface area contributed by atoms with Gasteiger partial charge in [-0.05, 0) is 30.5 Å². The Morgan fingerprint density at radius 2 is 1.66 bits per heavy atom. The number of carbonyl (C=O) groups excluding carboxylic acids is 1. The van der Waals surface area contributed by atoms with Crippen LogP contribution in [-0.2, 0) is 16.4 Å². The molecule has 5 rings (SSSR count). The SMILES string of the molecule is CCCCS(=O)(=O)Nc1ccccc1-n1c(-c2ccccc2)c(C(=O)N2CCNC[C@H]2Cc2ccccc2)[nH]c1=O. The van der Waals surface area contributed by atoms with Crippen molar-refractivity contribution in [1.29, 1.82) is 0 Å². The second-order valence-corrected chi connectivity index (χ2v) is 12.0. The molecule has 10 heteroatoms. The Bertz CT molecular complexity index is 1650. The van der Waals surface area contributed by atoms with Crippen molar-refractivity contribution in [2.75, 3.05) is 30.1 Å². The number of carbonyl (C=O) groups is 1. The number of imidazole rings is 1. The predicted molar refractivity (Wildman–Crippen MR) is 162 cm³/mol. The molecule has 3 aromatic carbocycles. The van der Waals surface area contributed by atoms with Gasteiger partial charge in [0.05, 0.1) is 22.8 Å². The van der Waals surface area contributed by atoms with E-state index in [-0.39, 0.29) is 29.1 Å². The third-order valence-electron chi connectivity index (χ3n) is 7.26. The standard InChI is InChI=1S/C31H35N5O4S/c1-2-3-20-41(39,40)34-26-16-10-11-17-27(26)36-29(24-14-8-5-9-15-24)28(33-31(36)38)30(37)35-19-18-32-22-25(35)21-23-12-6-4-7-13-23/h4-17,25,32,34H,2-3,18-22H2,1H3,(H,33,38)/t25-/m1/s1. The predicted octanol–water partition coefficient (Wildman–Crippen LogP) is 4.03. The fraction of sp³-hybridized carbons (Fsp3) is 0.290. The summed E-state index contributed by atoms with van der Waals surface area (Å²) in [5.74, 6) is -0.302.